The van der Waals surface area contributed by atoms with Crippen molar-refractivity contribution in [2.45, 2.75) is 12.6 Å². The number of rotatable bonds is 0. The van der Waals surface area contributed by atoms with E-state index >= 15 is 0 Å². The van der Waals surface area contributed by atoms with Crippen LogP contribution in [0.3, 0.4) is 0 Å². The molecule has 0 saturated carbocycles. The van der Waals surface area contributed by atoms with E-state index in [1.54, 1.807) is 0 Å². The van der Waals surface area contributed by atoms with Gasteiger partial charge in [0, 0.05) is 39.3 Å². The molecule has 4 aromatic rings. The minimum Gasteiger partial charge on any atom is -0.352 e. The first-order valence-corrected chi connectivity index (χ1v) is 9.18. The first kappa shape index (κ1) is 12.8. The number of hydrogen-bond acceptors (Lipinski definition) is 3. The Kier molecular flexibility index (Phi) is 2.31. The molecule has 1 aromatic heterocycles. The first-order valence-electron chi connectivity index (χ1n) is 8.36. The molecule has 1 unspecified atom stereocenters. The first-order chi connectivity index (χ1) is 11.8. The predicted octanol–water partition coefficient (Wildman–Crippen LogP) is 5.52. The molecule has 0 saturated heterocycles. The van der Waals surface area contributed by atoms with Crippen molar-refractivity contribution in [1.82, 2.24) is 0 Å². The third-order valence-corrected chi connectivity index (χ3v) is 6.64. The van der Waals surface area contributed by atoms with Crippen LogP contribution in [0.1, 0.15) is 5.56 Å². The maximum Gasteiger partial charge on any atom is 0.110 e. The highest BCUT2D eigenvalue weighted by Gasteiger charge is 2.40. The third-order valence-electron chi connectivity index (χ3n) is 5.51. The summed E-state index contributed by atoms with van der Waals surface area (Å²) < 4.78 is 2.79. The summed E-state index contributed by atoms with van der Waals surface area (Å²) in [6, 6.07) is 22.3. The second-order valence-electron chi connectivity index (χ2n) is 6.73. The number of anilines is 3. The largest absolute Gasteiger partial charge is 0.352 e. The van der Waals surface area contributed by atoms with Crippen LogP contribution in [0.2, 0.25) is 0 Å². The molecule has 24 heavy (non-hydrogen) atoms. The summed E-state index contributed by atoms with van der Waals surface area (Å²) in [4.78, 5) is 4.94. The van der Waals surface area contributed by atoms with Gasteiger partial charge in [-0.3, -0.25) is 0 Å². The summed E-state index contributed by atoms with van der Waals surface area (Å²) in [5.41, 5.74) is 5.53. The lowest BCUT2D eigenvalue weighted by molar-refractivity contribution is 0.704. The van der Waals surface area contributed by atoms with Crippen molar-refractivity contribution in [3.63, 3.8) is 0 Å². The highest BCUT2D eigenvalue weighted by Crippen LogP contribution is 2.51. The van der Waals surface area contributed by atoms with E-state index in [1.807, 2.05) is 11.3 Å². The Bertz CT molecular complexity index is 1130. The lowest BCUT2D eigenvalue weighted by Crippen LogP contribution is -2.35. The Morgan fingerprint density at radius 2 is 1.62 bits per heavy atom. The van der Waals surface area contributed by atoms with E-state index in [-0.39, 0.29) is 0 Å². The van der Waals surface area contributed by atoms with Crippen molar-refractivity contribution in [1.29, 1.82) is 0 Å². The van der Waals surface area contributed by atoms with Gasteiger partial charge in [0.2, 0.25) is 0 Å². The van der Waals surface area contributed by atoms with Crippen LogP contribution in [0.5, 0.6) is 0 Å². The lowest BCUT2D eigenvalue weighted by atomic mass is 10.1. The lowest BCUT2D eigenvalue weighted by Gasteiger charge is -2.23. The highest BCUT2D eigenvalue weighted by atomic mass is 32.1. The molecule has 3 aromatic carbocycles. The molecule has 0 amide bonds. The Morgan fingerprint density at radius 1 is 0.833 bits per heavy atom. The summed E-state index contributed by atoms with van der Waals surface area (Å²) in [6.07, 6.45) is 1.50. The fourth-order valence-corrected chi connectivity index (χ4v) is 5.52. The van der Waals surface area contributed by atoms with Crippen LogP contribution in [0.15, 0.2) is 60.7 Å². The molecule has 0 radical (unpaired) electrons. The van der Waals surface area contributed by atoms with E-state index in [9.17, 15) is 0 Å². The van der Waals surface area contributed by atoms with Crippen molar-refractivity contribution in [2.24, 2.45) is 0 Å². The molecule has 1 atom stereocenters. The molecule has 0 bridgehead atoms. The van der Waals surface area contributed by atoms with Crippen molar-refractivity contribution >= 4 is 48.6 Å². The Balaban J connectivity index is 1.65. The van der Waals surface area contributed by atoms with Crippen molar-refractivity contribution in [2.75, 3.05) is 16.8 Å². The number of para-hydroxylation sites is 2. The Morgan fingerprint density at radius 3 is 2.54 bits per heavy atom. The van der Waals surface area contributed by atoms with E-state index in [0.717, 1.165) is 6.42 Å². The van der Waals surface area contributed by atoms with E-state index in [1.165, 1.54) is 42.8 Å². The quantitative estimate of drug-likeness (QED) is 0.419. The standard InChI is InChI=1S/C21H16N2S/c1-22-16-7-3-4-8-17(16)23-18-12-15-14-6-2-5-9-19(14)24-20(15)10-13(18)11-21(22)23/h2-10,12,21H,11H2,1H3. The van der Waals surface area contributed by atoms with Crippen LogP contribution in [0.4, 0.5) is 17.1 Å². The fraction of sp³-hybridized carbons (Fsp3) is 0.143. The molecule has 0 fully saturated rings. The van der Waals surface area contributed by atoms with Crippen LogP contribution >= 0.6 is 11.3 Å². The Hall–Kier alpha value is -2.52. The number of fused-ring (bicyclic) bond motifs is 8. The molecular formula is C21H16N2S. The monoisotopic (exact) mass is 328 g/mol. The van der Waals surface area contributed by atoms with Crippen LogP contribution in [0.25, 0.3) is 20.2 Å². The van der Waals surface area contributed by atoms with Crippen molar-refractivity contribution < 1.29 is 0 Å². The zero-order valence-electron chi connectivity index (χ0n) is 13.4. The van der Waals surface area contributed by atoms with Crippen molar-refractivity contribution in [3.05, 3.63) is 66.2 Å². The van der Waals surface area contributed by atoms with Crippen LogP contribution in [-0.2, 0) is 6.42 Å². The molecule has 6 rings (SSSR count). The number of hydrogen-bond donors (Lipinski definition) is 0. The van der Waals surface area contributed by atoms with Gasteiger partial charge < -0.3 is 9.80 Å². The van der Waals surface area contributed by atoms with E-state index in [4.69, 9.17) is 0 Å². The second-order valence-corrected chi connectivity index (χ2v) is 7.81. The summed E-state index contributed by atoms with van der Waals surface area (Å²) >= 11 is 1.91. The van der Waals surface area contributed by atoms with Crippen LogP contribution in [0, 0.1) is 0 Å². The minimum atomic E-state index is 0.417. The van der Waals surface area contributed by atoms with Gasteiger partial charge in [-0.1, -0.05) is 30.3 Å². The molecule has 0 N–H and O–H groups in total. The van der Waals surface area contributed by atoms with Gasteiger partial charge in [0.1, 0.15) is 6.17 Å². The topological polar surface area (TPSA) is 6.48 Å². The summed E-state index contributed by atoms with van der Waals surface area (Å²) in [6.45, 7) is 0. The van der Waals surface area contributed by atoms with Gasteiger partial charge in [0.05, 0.1) is 11.4 Å². The molecule has 2 nitrogen and oxygen atoms in total. The Labute approximate surface area is 144 Å². The van der Waals surface area contributed by atoms with Gasteiger partial charge in [0.15, 0.2) is 0 Å². The van der Waals surface area contributed by atoms with Gasteiger partial charge in [-0.05, 0) is 35.9 Å². The third kappa shape index (κ3) is 1.46. The zero-order chi connectivity index (χ0) is 15.8. The average molecular weight is 328 g/mol. The molecule has 3 heterocycles. The zero-order valence-corrected chi connectivity index (χ0v) is 14.2. The molecule has 2 aliphatic heterocycles. The molecule has 0 spiro atoms. The van der Waals surface area contributed by atoms with E-state index in [0.29, 0.717) is 6.17 Å². The molecule has 0 aliphatic carbocycles. The summed E-state index contributed by atoms with van der Waals surface area (Å²) in [5, 5.41) is 2.77. The van der Waals surface area contributed by atoms with E-state index < -0.39 is 0 Å². The maximum absolute atomic E-state index is 2.52. The highest BCUT2D eigenvalue weighted by molar-refractivity contribution is 7.25. The van der Waals surface area contributed by atoms with Gasteiger partial charge in [-0.2, -0.15) is 0 Å². The van der Waals surface area contributed by atoms with E-state index in [2.05, 4.69) is 77.5 Å². The number of likely N-dealkylation sites (N-methyl/N-ethyl adjacent to an activating group) is 1. The average Bonchev–Trinajstić information content (AvgIpc) is 3.24. The van der Waals surface area contributed by atoms with Gasteiger partial charge in [0.25, 0.3) is 0 Å². The maximum atomic E-state index is 2.52. The fourth-order valence-electron chi connectivity index (χ4n) is 4.37. The summed E-state index contributed by atoms with van der Waals surface area (Å²) in [7, 11) is 2.22. The van der Waals surface area contributed by atoms with Crippen LogP contribution in [-0.4, -0.2) is 13.2 Å². The van der Waals surface area contributed by atoms with Crippen molar-refractivity contribution in [3.8, 4) is 0 Å². The normalized spacial score (nSPS) is 18.3. The molecular weight excluding hydrogens is 312 g/mol. The number of nitrogens with zero attached hydrogens (tertiary/aromatic N) is 2. The number of benzene rings is 3. The smallest absolute Gasteiger partial charge is 0.110 e. The molecule has 116 valence electrons. The predicted molar refractivity (Wildman–Crippen MR) is 104 cm³/mol. The van der Waals surface area contributed by atoms with Crippen LogP contribution < -0.4 is 9.80 Å². The number of thiophene rings is 1. The minimum absolute atomic E-state index is 0.417. The molecule has 2 aliphatic rings. The SMILES string of the molecule is CN1c2ccccc2N2c3cc4c(cc3CC12)sc1ccccc14. The summed E-state index contributed by atoms with van der Waals surface area (Å²) in [5.74, 6) is 0. The second kappa shape index (κ2) is 4.31. The van der Waals surface area contributed by atoms with Gasteiger partial charge >= 0.3 is 0 Å². The van der Waals surface area contributed by atoms with Gasteiger partial charge in [-0.25, -0.2) is 0 Å². The molecule has 3 heteroatoms. The van der Waals surface area contributed by atoms with Gasteiger partial charge in [-0.15, -0.1) is 11.3 Å².